The molecule has 0 amide bonds. The van der Waals surface area contributed by atoms with E-state index in [0.717, 1.165) is 0 Å². The average molecular weight is 190 g/mol. The predicted octanol–water partition coefficient (Wildman–Crippen LogP) is 1.43. The maximum Gasteiger partial charge on any atom is 0.371 e. The van der Waals surface area contributed by atoms with Crippen molar-refractivity contribution in [2.75, 3.05) is 0 Å². The van der Waals surface area contributed by atoms with Crippen LogP contribution < -0.4 is 0 Å². The summed E-state index contributed by atoms with van der Waals surface area (Å²) in [6, 6.07) is 4.59. The van der Waals surface area contributed by atoms with Crippen LogP contribution in [-0.2, 0) is 0 Å². The van der Waals surface area contributed by atoms with Crippen molar-refractivity contribution in [2.45, 2.75) is 0 Å². The van der Waals surface area contributed by atoms with Crippen molar-refractivity contribution >= 4 is 5.97 Å². The summed E-state index contributed by atoms with van der Waals surface area (Å²) < 4.78 is 5.04. The van der Waals surface area contributed by atoms with Gasteiger partial charge in [0.05, 0.1) is 0 Å². The van der Waals surface area contributed by atoms with Gasteiger partial charge in [-0.1, -0.05) is 0 Å². The molecule has 0 unspecified atom stereocenters. The van der Waals surface area contributed by atoms with Crippen LogP contribution in [0.2, 0.25) is 0 Å². The zero-order chi connectivity index (χ0) is 9.97. The number of carboxylic acids is 1. The van der Waals surface area contributed by atoms with Crippen molar-refractivity contribution < 1.29 is 14.3 Å². The summed E-state index contributed by atoms with van der Waals surface area (Å²) in [7, 11) is 0. The van der Waals surface area contributed by atoms with E-state index in [2.05, 4.69) is 9.97 Å². The second kappa shape index (κ2) is 3.29. The zero-order valence-electron chi connectivity index (χ0n) is 7.04. The average Bonchev–Trinajstić information content (AvgIpc) is 2.68. The van der Waals surface area contributed by atoms with Gasteiger partial charge in [0.15, 0.2) is 5.76 Å². The van der Waals surface area contributed by atoms with E-state index in [0.29, 0.717) is 11.5 Å². The largest absolute Gasteiger partial charge is 0.475 e. The molecule has 0 fully saturated rings. The molecule has 0 aromatic carbocycles. The van der Waals surface area contributed by atoms with Gasteiger partial charge in [-0.3, -0.25) is 0 Å². The van der Waals surface area contributed by atoms with Gasteiger partial charge in [0.2, 0.25) is 5.76 Å². The highest BCUT2D eigenvalue weighted by molar-refractivity contribution is 5.85. The Morgan fingerprint density at radius 2 is 2.21 bits per heavy atom. The van der Waals surface area contributed by atoms with Crippen LogP contribution in [0.3, 0.4) is 0 Å². The maximum atomic E-state index is 10.5. The van der Waals surface area contributed by atoms with Gasteiger partial charge in [-0.25, -0.2) is 14.8 Å². The molecule has 0 aliphatic carbocycles. The lowest BCUT2D eigenvalue weighted by Crippen LogP contribution is -1.91. The minimum absolute atomic E-state index is 0.0985. The van der Waals surface area contributed by atoms with Gasteiger partial charge in [0, 0.05) is 6.20 Å². The third-order valence-corrected chi connectivity index (χ3v) is 1.65. The Balaban J connectivity index is 2.39. The van der Waals surface area contributed by atoms with Crippen molar-refractivity contribution in [1.82, 2.24) is 9.97 Å². The van der Waals surface area contributed by atoms with Crippen LogP contribution in [0.4, 0.5) is 0 Å². The van der Waals surface area contributed by atoms with Crippen molar-refractivity contribution in [1.29, 1.82) is 0 Å². The van der Waals surface area contributed by atoms with Gasteiger partial charge in [-0.05, 0) is 18.2 Å². The fourth-order valence-corrected chi connectivity index (χ4v) is 1.03. The highest BCUT2D eigenvalue weighted by atomic mass is 16.4. The molecule has 0 aliphatic rings. The molecule has 1 N–H and O–H groups in total. The number of carboxylic acid groups (broad SMARTS) is 1. The number of aromatic carboxylic acids is 1. The second-order valence-electron chi connectivity index (χ2n) is 2.56. The van der Waals surface area contributed by atoms with Gasteiger partial charge in [-0.2, -0.15) is 0 Å². The van der Waals surface area contributed by atoms with E-state index in [4.69, 9.17) is 9.52 Å². The summed E-state index contributed by atoms with van der Waals surface area (Å²) in [6.45, 7) is 0. The Hall–Kier alpha value is -2.17. The molecule has 5 nitrogen and oxygen atoms in total. The summed E-state index contributed by atoms with van der Waals surface area (Å²) in [6.07, 6.45) is 2.93. The van der Waals surface area contributed by atoms with Gasteiger partial charge in [0.25, 0.3) is 0 Å². The topological polar surface area (TPSA) is 76.2 Å². The first-order valence-electron chi connectivity index (χ1n) is 3.87. The fraction of sp³-hybridized carbons (Fsp3) is 0. The molecule has 5 heteroatoms. The van der Waals surface area contributed by atoms with Crippen LogP contribution >= 0.6 is 0 Å². The van der Waals surface area contributed by atoms with Crippen LogP contribution in [0.25, 0.3) is 11.5 Å². The number of aromatic nitrogens is 2. The van der Waals surface area contributed by atoms with Gasteiger partial charge in [-0.15, -0.1) is 0 Å². The third kappa shape index (κ3) is 1.47. The molecule has 2 aromatic rings. The second-order valence-corrected chi connectivity index (χ2v) is 2.56. The smallest absolute Gasteiger partial charge is 0.371 e. The van der Waals surface area contributed by atoms with Crippen LogP contribution in [0.1, 0.15) is 10.6 Å². The van der Waals surface area contributed by atoms with E-state index in [1.807, 2.05) is 0 Å². The van der Waals surface area contributed by atoms with E-state index in [1.54, 1.807) is 18.3 Å². The van der Waals surface area contributed by atoms with Gasteiger partial charge in [0.1, 0.15) is 12.0 Å². The van der Waals surface area contributed by atoms with E-state index in [-0.39, 0.29) is 5.76 Å². The first-order chi connectivity index (χ1) is 6.77. The molecular weight excluding hydrogens is 184 g/mol. The summed E-state index contributed by atoms with van der Waals surface area (Å²) in [5, 5.41) is 8.62. The Labute approximate surface area is 79.0 Å². The number of nitrogens with zero attached hydrogens (tertiary/aromatic N) is 2. The minimum atomic E-state index is -1.09. The van der Waals surface area contributed by atoms with Crippen LogP contribution in [-0.4, -0.2) is 21.0 Å². The third-order valence-electron chi connectivity index (χ3n) is 1.65. The minimum Gasteiger partial charge on any atom is -0.475 e. The van der Waals surface area contributed by atoms with Crippen LogP contribution in [0, 0.1) is 0 Å². The SMILES string of the molecule is O=C(O)c1ccc(-c2ccncn2)o1. The Bertz CT molecular complexity index is 450. The normalized spacial score (nSPS) is 10.0. The molecule has 0 aliphatic heterocycles. The van der Waals surface area contributed by atoms with Crippen molar-refractivity contribution in [3.63, 3.8) is 0 Å². The standard InChI is InChI=1S/C9H6N2O3/c12-9(13)8-2-1-7(14-8)6-3-4-10-5-11-6/h1-5H,(H,12,13). The molecule has 70 valence electrons. The lowest BCUT2D eigenvalue weighted by atomic mass is 10.3. The van der Waals surface area contributed by atoms with Crippen molar-refractivity contribution in [3.8, 4) is 11.5 Å². The molecule has 0 atom stereocenters. The summed E-state index contributed by atoms with van der Waals surface area (Å²) in [4.78, 5) is 18.2. The predicted molar refractivity (Wildman–Crippen MR) is 46.7 cm³/mol. The van der Waals surface area contributed by atoms with E-state index >= 15 is 0 Å². The molecule has 0 bridgehead atoms. The molecule has 0 spiro atoms. The van der Waals surface area contributed by atoms with E-state index in [1.165, 1.54) is 12.4 Å². The van der Waals surface area contributed by atoms with Crippen molar-refractivity contribution in [2.24, 2.45) is 0 Å². The van der Waals surface area contributed by atoms with Crippen molar-refractivity contribution in [3.05, 3.63) is 36.5 Å². The fourth-order valence-electron chi connectivity index (χ4n) is 1.03. The first kappa shape index (κ1) is 8.43. The molecule has 14 heavy (non-hydrogen) atoms. The summed E-state index contributed by atoms with van der Waals surface area (Å²) in [5.74, 6) is -0.770. The van der Waals surface area contributed by atoms with E-state index in [9.17, 15) is 4.79 Å². The number of hydrogen-bond acceptors (Lipinski definition) is 4. The Kier molecular flexibility index (Phi) is 1.98. The Morgan fingerprint density at radius 3 is 2.79 bits per heavy atom. The van der Waals surface area contributed by atoms with E-state index < -0.39 is 5.97 Å². The summed E-state index contributed by atoms with van der Waals surface area (Å²) >= 11 is 0. The van der Waals surface area contributed by atoms with Gasteiger partial charge < -0.3 is 9.52 Å². The molecule has 0 radical (unpaired) electrons. The number of hydrogen-bond donors (Lipinski definition) is 1. The Morgan fingerprint density at radius 1 is 1.36 bits per heavy atom. The molecule has 0 saturated carbocycles. The van der Waals surface area contributed by atoms with Crippen LogP contribution in [0.5, 0.6) is 0 Å². The molecule has 0 saturated heterocycles. The highest BCUT2D eigenvalue weighted by Crippen LogP contribution is 2.18. The molecule has 2 aromatic heterocycles. The number of furan rings is 1. The zero-order valence-corrected chi connectivity index (χ0v) is 7.04. The lowest BCUT2D eigenvalue weighted by molar-refractivity contribution is 0.0663. The lowest BCUT2D eigenvalue weighted by Gasteiger charge is -1.92. The number of carbonyl (C=O) groups is 1. The number of rotatable bonds is 2. The monoisotopic (exact) mass is 190 g/mol. The summed E-state index contributed by atoms with van der Waals surface area (Å²) in [5.41, 5.74) is 0.563. The van der Waals surface area contributed by atoms with Gasteiger partial charge >= 0.3 is 5.97 Å². The maximum absolute atomic E-state index is 10.5. The molecular formula is C9H6N2O3. The molecule has 2 rings (SSSR count). The quantitative estimate of drug-likeness (QED) is 0.775. The first-order valence-corrected chi connectivity index (χ1v) is 3.87. The van der Waals surface area contributed by atoms with Crippen LogP contribution in [0.15, 0.2) is 35.1 Å². The molecule has 2 heterocycles. The highest BCUT2D eigenvalue weighted by Gasteiger charge is 2.10.